The summed E-state index contributed by atoms with van der Waals surface area (Å²) < 4.78 is 5.28. The van der Waals surface area contributed by atoms with Crippen LogP contribution in [0.4, 0.5) is 0 Å². The van der Waals surface area contributed by atoms with E-state index in [4.69, 9.17) is 16.3 Å². The molecule has 5 rings (SSSR count). The van der Waals surface area contributed by atoms with E-state index in [1.165, 1.54) is 0 Å². The second-order valence-electron chi connectivity index (χ2n) is 9.77. The molecule has 0 aliphatic rings. The Morgan fingerprint density at radius 2 is 1.57 bits per heavy atom. The summed E-state index contributed by atoms with van der Waals surface area (Å²) in [5.41, 5.74) is 5.33. The Morgan fingerprint density at radius 3 is 2.27 bits per heavy atom. The van der Waals surface area contributed by atoms with Gasteiger partial charge in [-0.2, -0.15) is 0 Å². The second kappa shape index (κ2) is 11.4. The number of carbonyl (C=O) groups is 1. The third kappa shape index (κ3) is 5.37. The predicted molar refractivity (Wildman–Crippen MR) is 161 cm³/mol. The summed E-state index contributed by atoms with van der Waals surface area (Å²) in [5, 5.41) is 12.0. The first-order valence-electron chi connectivity index (χ1n) is 13.0. The van der Waals surface area contributed by atoms with E-state index in [1.54, 1.807) is 24.0 Å². The van der Waals surface area contributed by atoms with Crippen LogP contribution in [0.3, 0.4) is 0 Å². The van der Waals surface area contributed by atoms with Crippen molar-refractivity contribution in [2.75, 3.05) is 20.7 Å². The zero-order valence-corrected chi connectivity index (χ0v) is 23.2. The van der Waals surface area contributed by atoms with E-state index in [9.17, 15) is 14.7 Å². The number of H-pyrrole nitrogens is 1. The smallest absolute Gasteiger partial charge is 0.327 e. The lowest BCUT2D eigenvalue weighted by Crippen LogP contribution is -2.29. The SMILES string of the molecule is CCOC(=O)C(c1cccc(-c2cc3cc(-c4ccc(-c5ccccc5)c(O)c4)c(Cl)cc3[nH]c2=O)c1)N(C)C. The molecule has 0 saturated carbocycles. The maximum absolute atomic E-state index is 13.1. The molecule has 0 amide bonds. The molecule has 0 radical (unpaired) electrons. The van der Waals surface area contributed by atoms with Crippen LogP contribution in [-0.4, -0.2) is 41.7 Å². The number of esters is 1. The van der Waals surface area contributed by atoms with Crippen molar-refractivity contribution < 1.29 is 14.6 Å². The van der Waals surface area contributed by atoms with Crippen LogP contribution >= 0.6 is 11.6 Å². The molecule has 0 fully saturated rings. The molecular formula is C33H29ClN2O4. The molecule has 7 heteroatoms. The molecule has 1 unspecified atom stereocenters. The van der Waals surface area contributed by atoms with Crippen LogP contribution in [0, 0.1) is 0 Å². The molecule has 0 aliphatic carbocycles. The van der Waals surface area contributed by atoms with E-state index in [-0.39, 0.29) is 23.9 Å². The van der Waals surface area contributed by atoms with E-state index in [2.05, 4.69) is 4.98 Å². The maximum atomic E-state index is 13.1. The van der Waals surface area contributed by atoms with Gasteiger partial charge in [0.1, 0.15) is 11.8 Å². The largest absolute Gasteiger partial charge is 0.507 e. The monoisotopic (exact) mass is 552 g/mol. The molecule has 40 heavy (non-hydrogen) atoms. The Kier molecular flexibility index (Phi) is 7.74. The van der Waals surface area contributed by atoms with Gasteiger partial charge in [0.15, 0.2) is 0 Å². The molecule has 0 aliphatic heterocycles. The molecule has 0 spiro atoms. The van der Waals surface area contributed by atoms with Crippen molar-refractivity contribution in [1.82, 2.24) is 9.88 Å². The number of phenolic OH excluding ortho intramolecular Hbond substituents is 1. The van der Waals surface area contributed by atoms with Gasteiger partial charge in [-0.25, -0.2) is 4.79 Å². The number of phenols is 1. The highest BCUT2D eigenvalue weighted by molar-refractivity contribution is 6.34. The number of rotatable bonds is 7. The minimum atomic E-state index is -0.601. The number of pyridine rings is 1. The van der Waals surface area contributed by atoms with E-state index in [0.717, 1.165) is 33.2 Å². The number of nitrogens with one attached hydrogen (secondary N) is 1. The molecule has 1 atom stereocenters. The molecule has 2 N–H and O–H groups in total. The van der Waals surface area contributed by atoms with Crippen LogP contribution in [0.25, 0.3) is 44.3 Å². The van der Waals surface area contributed by atoms with Gasteiger partial charge in [-0.05, 0) is 79.0 Å². The average molecular weight is 553 g/mol. The van der Waals surface area contributed by atoms with Gasteiger partial charge in [0, 0.05) is 22.2 Å². The average Bonchev–Trinajstić information content (AvgIpc) is 2.93. The highest BCUT2D eigenvalue weighted by Gasteiger charge is 2.25. The minimum Gasteiger partial charge on any atom is -0.507 e. The third-order valence-corrected chi connectivity index (χ3v) is 7.18. The quantitative estimate of drug-likeness (QED) is 0.211. The summed E-state index contributed by atoms with van der Waals surface area (Å²) in [4.78, 5) is 30.5. The van der Waals surface area contributed by atoms with E-state index in [1.807, 2.05) is 93.0 Å². The number of hydrogen-bond acceptors (Lipinski definition) is 5. The van der Waals surface area contributed by atoms with Crippen molar-refractivity contribution in [2.45, 2.75) is 13.0 Å². The molecular weight excluding hydrogens is 524 g/mol. The Balaban J connectivity index is 1.57. The third-order valence-electron chi connectivity index (χ3n) is 6.87. The summed E-state index contributed by atoms with van der Waals surface area (Å²) in [6, 6.07) is 27.4. The normalized spacial score (nSPS) is 12.0. The van der Waals surface area contributed by atoms with Gasteiger partial charge in [0.2, 0.25) is 0 Å². The van der Waals surface area contributed by atoms with Crippen LogP contribution < -0.4 is 5.56 Å². The van der Waals surface area contributed by atoms with Crippen LogP contribution in [0.2, 0.25) is 5.02 Å². The summed E-state index contributed by atoms with van der Waals surface area (Å²) >= 11 is 6.64. The minimum absolute atomic E-state index is 0.149. The zero-order chi connectivity index (χ0) is 28.4. The number of halogens is 1. The van der Waals surface area contributed by atoms with Gasteiger partial charge in [-0.15, -0.1) is 0 Å². The molecule has 4 aromatic carbocycles. The van der Waals surface area contributed by atoms with Crippen molar-refractivity contribution in [1.29, 1.82) is 0 Å². The number of benzene rings is 4. The first-order valence-corrected chi connectivity index (χ1v) is 13.3. The molecule has 1 heterocycles. The predicted octanol–water partition coefficient (Wildman–Crippen LogP) is 7.05. The van der Waals surface area contributed by atoms with Crippen molar-refractivity contribution in [3.05, 3.63) is 112 Å². The van der Waals surface area contributed by atoms with Gasteiger partial charge in [0.05, 0.1) is 11.6 Å². The Bertz CT molecular complexity index is 1760. The summed E-state index contributed by atoms with van der Waals surface area (Å²) in [7, 11) is 3.62. The standard InChI is InChI=1S/C33H29ClN2O4/c1-4-40-33(39)31(36(2)3)23-12-8-11-21(15-23)27-17-24-16-26(28(34)19-29(24)35-32(27)38)22-13-14-25(30(37)18-22)20-9-6-5-7-10-20/h5-19,31,37H,4H2,1-3H3,(H,35,38). The van der Waals surface area contributed by atoms with Crippen LogP contribution in [0.5, 0.6) is 5.75 Å². The molecule has 5 aromatic rings. The Morgan fingerprint density at radius 1 is 0.875 bits per heavy atom. The molecule has 6 nitrogen and oxygen atoms in total. The van der Waals surface area contributed by atoms with Gasteiger partial charge in [0.25, 0.3) is 5.56 Å². The van der Waals surface area contributed by atoms with E-state index >= 15 is 0 Å². The molecule has 1 aromatic heterocycles. The topological polar surface area (TPSA) is 82.6 Å². The molecule has 0 saturated heterocycles. The highest BCUT2D eigenvalue weighted by atomic mass is 35.5. The van der Waals surface area contributed by atoms with Crippen molar-refractivity contribution >= 4 is 28.5 Å². The van der Waals surface area contributed by atoms with Crippen molar-refractivity contribution in [3.8, 4) is 39.1 Å². The first kappa shape index (κ1) is 27.2. The molecule has 0 bridgehead atoms. The highest BCUT2D eigenvalue weighted by Crippen LogP contribution is 2.37. The Labute approximate surface area is 237 Å². The van der Waals surface area contributed by atoms with Gasteiger partial charge >= 0.3 is 5.97 Å². The number of fused-ring (bicyclic) bond motifs is 1. The zero-order valence-electron chi connectivity index (χ0n) is 22.4. The van der Waals surface area contributed by atoms with Crippen molar-refractivity contribution in [3.63, 3.8) is 0 Å². The number of carbonyl (C=O) groups excluding carboxylic acids is 1. The fourth-order valence-corrected chi connectivity index (χ4v) is 5.24. The number of hydrogen-bond donors (Lipinski definition) is 2. The van der Waals surface area contributed by atoms with E-state index in [0.29, 0.717) is 21.7 Å². The number of aromatic nitrogens is 1. The number of ether oxygens (including phenoxy) is 1. The Hall–Kier alpha value is -4.39. The summed E-state index contributed by atoms with van der Waals surface area (Å²) in [5.74, 6) is -0.200. The molecule has 202 valence electrons. The summed E-state index contributed by atoms with van der Waals surface area (Å²) in [6.45, 7) is 2.06. The van der Waals surface area contributed by atoms with Gasteiger partial charge in [-0.3, -0.25) is 9.69 Å². The lowest BCUT2D eigenvalue weighted by atomic mass is 9.96. The van der Waals surface area contributed by atoms with Crippen molar-refractivity contribution in [2.24, 2.45) is 0 Å². The number of likely N-dealkylation sites (N-methyl/N-ethyl adjacent to an activating group) is 1. The second-order valence-corrected chi connectivity index (χ2v) is 10.2. The van der Waals surface area contributed by atoms with Gasteiger partial charge < -0.3 is 14.8 Å². The number of aromatic amines is 1. The maximum Gasteiger partial charge on any atom is 0.327 e. The first-order chi connectivity index (χ1) is 19.3. The van der Waals surface area contributed by atoms with Crippen LogP contribution in [0.15, 0.2) is 95.8 Å². The summed E-state index contributed by atoms with van der Waals surface area (Å²) in [6.07, 6.45) is 0. The lowest BCUT2D eigenvalue weighted by Gasteiger charge is -2.23. The lowest BCUT2D eigenvalue weighted by molar-refractivity contribution is -0.148. The fourth-order valence-electron chi connectivity index (χ4n) is 4.97. The fraction of sp³-hybridized carbons (Fsp3) is 0.152. The van der Waals surface area contributed by atoms with Crippen LogP contribution in [-0.2, 0) is 9.53 Å². The van der Waals surface area contributed by atoms with Gasteiger partial charge in [-0.1, -0.05) is 72.3 Å². The number of aromatic hydroxyl groups is 1. The van der Waals surface area contributed by atoms with Crippen LogP contribution in [0.1, 0.15) is 18.5 Å². The van der Waals surface area contributed by atoms with E-state index < -0.39 is 6.04 Å². The number of nitrogens with zero attached hydrogens (tertiary/aromatic N) is 1.